The molecular formula is C13H13ClF3N5O. The number of aromatic nitrogens is 3. The summed E-state index contributed by atoms with van der Waals surface area (Å²) in [5.41, 5.74) is -1.67. The monoisotopic (exact) mass is 347 g/mol. The predicted molar refractivity (Wildman–Crippen MR) is 79.7 cm³/mol. The van der Waals surface area contributed by atoms with Crippen molar-refractivity contribution in [2.75, 3.05) is 24.3 Å². The first-order valence-electron chi connectivity index (χ1n) is 6.35. The molecule has 1 amide bonds. The highest BCUT2D eigenvalue weighted by Gasteiger charge is 2.39. The summed E-state index contributed by atoms with van der Waals surface area (Å²) in [5, 5.41) is 5.15. The molecule has 0 saturated carbocycles. The van der Waals surface area contributed by atoms with Crippen LogP contribution in [0.5, 0.6) is 0 Å². The Morgan fingerprint density at radius 1 is 1.39 bits per heavy atom. The summed E-state index contributed by atoms with van der Waals surface area (Å²) in [5.74, 6) is -0.248. The molecule has 0 aliphatic carbocycles. The van der Waals surface area contributed by atoms with Crippen LogP contribution < -0.4 is 10.2 Å². The number of anilines is 2. The zero-order chi connectivity index (χ0) is 17.4. The highest BCUT2D eigenvalue weighted by atomic mass is 35.5. The van der Waals surface area contributed by atoms with E-state index in [1.807, 2.05) is 0 Å². The molecule has 0 fully saturated rings. The number of alkyl halides is 3. The van der Waals surface area contributed by atoms with E-state index in [-0.39, 0.29) is 10.7 Å². The van der Waals surface area contributed by atoms with E-state index < -0.39 is 23.5 Å². The average molecular weight is 348 g/mol. The van der Waals surface area contributed by atoms with Gasteiger partial charge in [0, 0.05) is 32.9 Å². The second kappa shape index (κ2) is 6.07. The molecule has 23 heavy (non-hydrogen) atoms. The highest BCUT2D eigenvalue weighted by Crippen LogP contribution is 2.37. The molecule has 1 N–H and O–H groups in total. The van der Waals surface area contributed by atoms with E-state index in [0.717, 1.165) is 4.68 Å². The molecule has 0 radical (unpaired) electrons. The van der Waals surface area contributed by atoms with Crippen molar-refractivity contribution in [2.45, 2.75) is 6.18 Å². The first kappa shape index (κ1) is 17.1. The van der Waals surface area contributed by atoms with E-state index >= 15 is 0 Å². The van der Waals surface area contributed by atoms with Crippen LogP contribution in [0, 0.1) is 0 Å². The largest absolute Gasteiger partial charge is 0.437 e. The minimum absolute atomic E-state index is 0.150. The van der Waals surface area contributed by atoms with Crippen LogP contribution in [0.2, 0.25) is 5.15 Å². The van der Waals surface area contributed by atoms with Crippen molar-refractivity contribution in [1.82, 2.24) is 14.8 Å². The molecule has 2 heterocycles. The first-order valence-corrected chi connectivity index (χ1v) is 6.73. The van der Waals surface area contributed by atoms with E-state index in [4.69, 9.17) is 11.6 Å². The molecule has 0 aromatic carbocycles. The summed E-state index contributed by atoms with van der Waals surface area (Å²) in [4.78, 5) is 17.9. The van der Waals surface area contributed by atoms with Crippen molar-refractivity contribution in [2.24, 2.45) is 7.05 Å². The van der Waals surface area contributed by atoms with Gasteiger partial charge in [0.2, 0.25) is 0 Å². The third-order valence-electron chi connectivity index (χ3n) is 2.95. The molecule has 0 spiro atoms. The Morgan fingerprint density at radius 2 is 2.04 bits per heavy atom. The number of hydrogen-bond acceptors (Lipinski definition) is 4. The van der Waals surface area contributed by atoms with Gasteiger partial charge in [0.05, 0.1) is 0 Å². The molecule has 2 rings (SSSR count). The standard InChI is InChI=1S/C13H13ClF3N5O/c1-21(2)8-6-7(4-5-18-8)12(23)19-9-10(13(15,16)17)20-22(3)11(9)14/h4-6H,1-3H3,(H,19,23). The molecule has 2 aromatic rings. The van der Waals surface area contributed by atoms with Crippen LogP contribution in [0.4, 0.5) is 24.7 Å². The van der Waals surface area contributed by atoms with Crippen LogP contribution in [0.15, 0.2) is 18.3 Å². The fourth-order valence-corrected chi connectivity index (χ4v) is 1.98. The van der Waals surface area contributed by atoms with Gasteiger partial charge >= 0.3 is 6.18 Å². The summed E-state index contributed by atoms with van der Waals surface area (Å²) in [7, 11) is 4.71. The summed E-state index contributed by atoms with van der Waals surface area (Å²) < 4.78 is 39.7. The minimum Gasteiger partial charge on any atom is -0.363 e. The van der Waals surface area contributed by atoms with Gasteiger partial charge in [-0.2, -0.15) is 18.3 Å². The molecule has 0 aliphatic heterocycles. The number of aryl methyl sites for hydroxylation is 1. The second-order valence-corrected chi connectivity index (χ2v) is 5.25. The first-order chi connectivity index (χ1) is 10.6. The zero-order valence-corrected chi connectivity index (χ0v) is 13.2. The maximum absolute atomic E-state index is 13.0. The average Bonchev–Trinajstić information content (AvgIpc) is 2.75. The van der Waals surface area contributed by atoms with Crippen LogP contribution in [-0.4, -0.2) is 34.8 Å². The number of carbonyl (C=O) groups excluding carboxylic acids is 1. The third kappa shape index (κ3) is 3.55. The smallest absolute Gasteiger partial charge is 0.363 e. The fraction of sp³-hybridized carbons (Fsp3) is 0.308. The Balaban J connectivity index is 2.36. The van der Waals surface area contributed by atoms with Gasteiger partial charge in [-0.1, -0.05) is 11.6 Å². The molecule has 6 nitrogen and oxygen atoms in total. The van der Waals surface area contributed by atoms with E-state index in [9.17, 15) is 18.0 Å². The van der Waals surface area contributed by atoms with Gasteiger partial charge in [-0.05, 0) is 12.1 Å². The lowest BCUT2D eigenvalue weighted by molar-refractivity contribution is -0.140. The molecule has 0 atom stereocenters. The maximum Gasteiger partial charge on any atom is 0.437 e. The quantitative estimate of drug-likeness (QED) is 0.927. The van der Waals surface area contributed by atoms with Crippen LogP contribution >= 0.6 is 11.6 Å². The van der Waals surface area contributed by atoms with Gasteiger partial charge in [0.15, 0.2) is 10.8 Å². The Bertz CT molecular complexity index is 742. The Kier molecular flexibility index (Phi) is 4.51. The van der Waals surface area contributed by atoms with Crippen molar-refractivity contribution in [3.05, 3.63) is 34.7 Å². The number of pyridine rings is 1. The van der Waals surface area contributed by atoms with E-state index in [1.54, 1.807) is 19.0 Å². The SMILES string of the molecule is CN(C)c1cc(C(=O)Nc2c(C(F)(F)F)nn(C)c2Cl)ccn1. The zero-order valence-electron chi connectivity index (χ0n) is 12.4. The third-order valence-corrected chi connectivity index (χ3v) is 3.38. The van der Waals surface area contributed by atoms with Gasteiger partial charge in [-0.25, -0.2) is 4.98 Å². The lowest BCUT2D eigenvalue weighted by Gasteiger charge is -2.12. The lowest BCUT2D eigenvalue weighted by atomic mass is 10.2. The molecule has 0 aliphatic rings. The van der Waals surface area contributed by atoms with Crippen molar-refractivity contribution in [1.29, 1.82) is 0 Å². The summed E-state index contributed by atoms with van der Waals surface area (Å²) in [6.45, 7) is 0. The van der Waals surface area contributed by atoms with Crippen LogP contribution in [0.1, 0.15) is 16.1 Å². The maximum atomic E-state index is 13.0. The summed E-state index contributed by atoms with van der Waals surface area (Å²) >= 11 is 5.80. The van der Waals surface area contributed by atoms with Crippen molar-refractivity contribution in [3.8, 4) is 0 Å². The van der Waals surface area contributed by atoms with E-state index in [2.05, 4.69) is 15.4 Å². The van der Waals surface area contributed by atoms with Crippen LogP contribution in [0.25, 0.3) is 0 Å². The number of nitrogens with zero attached hydrogens (tertiary/aromatic N) is 4. The fourth-order valence-electron chi connectivity index (χ4n) is 1.80. The number of hydrogen-bond donors (Lipinski definition) is 1. The van der Waals surface area contributed by atoms with Gasteiger partial charge in [0.1, 0.15) is 11.5 Å². The number of nitrogens with one attached hydrogen (secondary N) is 1. The number of halogens is 4. The predicted octanol–water partition coefficient (Wildman–Crippen LogP) is 2.81. The molecule has 0 unspecified atom stereocenters. The van der Waals surface area contributed by atoms with Gasteiger partial charge in [-0.3, -0.25) is 9.48 Å². The van der Waals surface area contributed by atoms with Crippen molar-refractivity contribution in [3.63, 3.8) is 0 Å². The number of carbonyl (C=O) groups is 1. The molecule has 124 valence electrons. The van der Waals surface area contributed by atoms with Crippen molar-refractivity contribution < 1.29 is 18.0 Å². The topological polar surface area (TPSA) is 63.1 Å². The molecule has 0 saturated heterocycles. The highest BCUT2D eigenvalue weighted by molar-refractivity contribution is 6.33. The normalized spacial score (nSPS) is 11.4. The minimum atomic E-state index is -4.74. The summed E-state index contributed by atoms with van der Waals surface area (Å²) in [6.07, 6.45) is -3.35. The van der Waals surface area contributed by atoms with E-state index in [1.165, 1.54) is 25.4 Å². The van der Waals surface area contributed by atoms with E-state index in [0.29, 0.717) is 5.82 Å². The molecule has 10 heteroatoms. The van der Waals surface area contributed by atoms with Crippen LogP contribution in [0.3, 0.4) is 0 Å². The Hall–Kier alpha value is -2.29. The summed E-state index contributed by atoms with van der Waals surface area (Å²) in [6, 6.07) is 2.84. The number of rotatable bonds is 3. The van der Waals surface area contributed by atoms with Crippen LogP contribution in [-0.2, 0) is 13.2 Å². The lowest BCUT2D eigenvalue weighted by Crippen LogP contribution is -2.17. The molecule has 0 bridgehead atoms. The van der Waals surface area contributed by atoms with Gasteiger partial charge in [-0.15, -0.1) is 0 Å². The van der Waals surface area contributed by atoms with Gasteiger partial charge in [0.25, 0.3) is 5.91 Å². The van der Waals surface area contributed by atoms with Crippen molar-refractivity contribution >= 4 is 29.0 Å². The van der Waals surface area contributed by atoms with Gasteiger partial charge < -0.3 is 10.2 Å². The molecular weight excluding hydrogens is 335 g/mol. The Morgan fingerprint density at radius 3 is 2.61 bits per heavy atom. The molecule has 2 aromatic heterocycles. The number of amides is 1. The second-order valence-electron chi connectivity index (χ2n) is 4.89. The Labute approximate surface area is 134 Å².